The molecule has 0 aliphatic carbocycles. The number of ether oxygens (including phenoxy) is 1. The van der Waals surface area contributed by atoms with Crippen LogP contribution in [0.5, 0.6) is 5.75 Å². The summed E-state index contributed by atoms with van der Waals surface area (Å²) < 4.78 is 40.1. The SMILES string of the molecule is FC(F)(F)Oc1cccc(-c2cncnc2Cl)c1. The maximum absolute atomic E-state index is 12.1. The summed E-state index contributed by atoms with van der Waals surface area (Å²) in [6, 6.07) is 5.44. The van der Waals surface area contributed by atoms with E-state index in [2.05, 4.69) is 14.7 Å². The zero-order valence-electron chi connectivity index (χ0n) is 8.78. The van der Waals surface area contributed by atoms with Gasteiger partial charge in [0.2, 0.25) is 0 Å². The van der Waals surface area contributed by atoms with Gasteiger partial charge in [-0.2, -0.15) is 0 Å². The van der Waals surface area contributed by atoms with Crippen molar-refractivity contribution in [3.8, 4) is 16.9 Å². The largest absolute Gasteiger partial charge is 0.573 e. The standard InChI is InChI=1S/C11H6ClF3N2O/c12-10-9(5-16-6-17-10)7-2-1-3-8(4-7)18-11(13,14)15/h1-6H. The number of hydrogen-bond acceptors (Lipinski definition) is 3. The van der Waals surface area contributed by atoms with E-state index in [1.807, 2.05) is 0 Å². The van der Waals surface area contributed by atoms with Crippen molar-refractivity contribution < 1.29 is 17.9 Å². The second-order valence-electron chi connectivity index (χ2n) is 3.30. The van der Waals surface area contributed by atoms with Gasteiger partial charge in [0.1, 0.15) is 17.2 Å². The highest BCUT2D eigenvalue weighted by atomic mass is 35.5. The van der Waals surface area contributed by atoms with E-state index >= 15 is 0 Å². The van der Waals surface area contributed by atoms with Gasteiger partial charge in [0.15, 0.2) is 0 Å². The number of aromatic nitrogens is 2. The van der Waals surface area contributed by atoms with E-state index in [1.165, 1.54) is 30.7 Å². The number of halogens is 4. The Bertz CT molecular complexity index is 560. The van der Waals surface area contributed by atoms with Gasteiger partial charge in [-0.05, 0) is 17.7 Å². The normalized spacial score (nSPS) is 11.3. The third-order valence-electron chi connectivity index (χ3n) is 2.04. The van der Waals surface area contributed by atoms with E-state index in [1.54, 1.807) is 6.07 Å². The van der Waals surface area contributed by atoms with Gasteiger partial charge < -0.3 is 4.74 Å². The summed E-state index contributed by atoms with van der Waals surface area (Å²) in [5.74, 6) is -0.320. The van der Waals surface area contributed by atoms with E-state index in [0.29, 0.717) is 11.1 Å². The number of nitrogens with zero attached hydrogens (tertiary/aromatic N) is 2. The third-order valence-corrected chi connectivity index (χ3v) is 2.34. The van der Waals surface area contributed by atoms with Crippen molar-refractivity contribution in [3.63, 3.8) is 0 Å². The fourth-order valence-electron chi connectivity index (χ4n) is 1.37. The minimum absolute atomic E-state index is 0.161. The fourth-order valence-corrected chi connectivity index (χ4v) is 1.57. The average Bonchev–Trinajstić information content (AvgIpc) is 2.27. The first-order valence-electron chi connectivity index (χ1n) is 4.77. The highest BCUT2D eigenvalue weighted by Crippen LogP contribution is 2.30. The molecule has 0 radical (unpaired) electrons. The van der Waals surface area contributed by atoms with E-state index in [4.69, 9.17) is 11.6 Å². The molecule has 3 nitrogen and oxygen atoms in total. The Morgan fingerprint density at radius 3 is 2.67 bits per heavy atom. The van der Waals surface area contributed by atoms with Gasteiger partial charge in [0, 0.05) is 11.8 Å². The predicted octanol–water partition coefficient (Wildman–Crippen LogP) is 3.70. The highest BCUT2D eigenvalue weighted by molar-refractivity contribution is 6.32. The van der Waals surface area contributed by atoms with Crippen LogP contribution in [0.4, 0.5) is 13.2 Å². The van der Waals surface area contributed by atoms with Crippen molar-refractivity contribution in [2.45, 2.75) is 6.36 Å². The molecule has 1 heterocycles. The molecular weight excluding hydrogens is 269 g/mol. The molecule has 0 bridgehead atoms. The summed E-state index contributed by atoms with van der Waals surface area (Å²) in [7, 11) is 0. The Labute approximate surface area is 105 Å². The van der Waals surface area contributed by atoms with Crippen LogP contribution in [-0.4, -0.2) is 16.3 Å². The van der Waals surface area contributed by atoms with Gasteiger partial charge in [-0.3, -0.25) is 0 Å². The van der Waals surface area contributed by atoms with Crippen molar-refractivity contribution in [1.29, 1.82) is 0 Å². The molecule has 0 saturated heterocycles. The molecule has 0 spiro atoms. The topological polar surface area (TPSA) is 35.0 Å². The van der Waals surface area contributed by atoms with E-state index < -0.39 is 6.36 Å². The maximum Gasteiger partial charge on any atom is 0.573 e. The Hall–Kier alpha value is -1.82. The maximum atomic E-state index is 12.1. The van der Waals surface area contributed by atoms with Gasteiger partial charge in [-0.15, -0.1) is 13.2 Å². The minimum Gasteiger partial charge on any atom is -0.406 e. The number of benzene rings is 1. The first-order valence-corrected chi connectivity index (χ1v) is 5.15. The minimum atomic E-state index is -4.73. The van der Waals surface area contributed by atoms with Crippen LogP contribution in [-0.2, 0) is 0 Å². The fraction of sp³-hybridized carbons (Fsp3) is 0.0909. The first-order chi connectivity index (χ1) is 8.46. The molecule has 7 heteroatoms. The van der Waals surface area contributed by atoms with Crippen LogP contribution in [0.3, 0.4) is 0 Å². The molecule has 0 aliphatic rings. The van der Waals surface area contributed by atoms with Gasteiger partial charge >= 0.3 is 6.36 Å². The van der Waals surface area contributed by atoms with Crippen molar-refractivity contribution in [2.24, 2.45) is 0 Å². The van der Waals surface area contributed by atoms with Crippen LogP contribution < -0.4 is 4.74 Å². The molecule has 0 unspecified atom stereocenters. The highest BCUT2D eigenvalue weighted by Gasteiger charge is 2.31. The molecule has 2 aromatic rings. The van der Waals surface area contributed by atoms with Gasteiger partial charge in [0.05, 0.1) is 0 Å². The molecule has 2 rings (SSSR count). The lowest BCUT2D eigenvalue weighted by Gasteiger charge is -2.10. The van der Waals surface area contributed by atoms with E-state index in [-0.39, 0.29) is 10.9 Å². The Morgan fingerprint density at radius 1 is 1.22 bits per heavy atom. The predicted molar refractivity (Wildman–Crippen MR) is 59.2 cm³/mol. The summed E-state index contributed by atoms with van der Waals surface area (Å²) in [6.07, 6.45) is -2.06. The first kappa shape index (κ1) is 12.6. The molecule has 1 aromatic heterocycles. The molecule has 0 aliphatic heterocycles. The Balaban J connectivity index is 2.36. The van der Waals surface area contributed by atoms with Crippen molar-refractivity contribution in [1.82, 2.24) is 9.97 Å². The smallest absolute Gasteiger partial charge is 0.406 e. The number of rotatable bonds is 2. The molecule has 0 fully saturated rings. The van der Waals surface area contributed by atoms with Crippen molar-refractivity contribution in [2.75, 3.05) is 0 Å². The lowest BCUT2D eigenvalue weighted by Crippen LogP contribution is -2.17. The van der Waals surface area contributed by atoms with Crippen LogP contribution in [0, 0.1) is 0 Å². The second kappa shape index (κ2) is 4.81. The van der Waals surface area contributed by atoms with Gasteiger partial charge in [-0.1, -0.05) is 23.7 Å². The lowest BCUT2D eigenvalue weighted by molar-refractivity contribution is -0.274. The third kappa shape index (κ3) is 3.10. The van der Waals surface area contributed by atoms with Crippen LogP contribution >= 0.6 is 11.6 Å². The van der Waals surface area contributed by atoms with Gasteiger partial charge in [-0.25, -0.2) is 9.97 Å². The van der Waals surface area contributed by atoms with Gasteiger partial charge in [0.25, 0.3) is 0 Å². The summed E-state index contributed by atoms with van der Waals surface area (Å²) in [6.45, 7) is 0. The van der Waals surface area contributed by atoms with E-state index in [9.17, 15) is 13.2 Å². The molecule has 0 N–H and O–H groups in total. The molecule has 1 aromatic carbocycles. The quantitative estimate of drug-likeness (QED) is 0.783. The van der Waals surface area contributed by atoms with Crippen molar-refractivity contribution >= 4 is 11.6 Å². The lowest BCUT2D eigenvalue weighted by atomic mass is 10.1. The summed E-state index contributed by atoms with van der Waals surface area (Å²) in [4.78, 5) is 7.52. The Morgan fingerprint density at radius 2 is 2.00 bits per heavy atom. The molecule has 0 amide bonds. The number of hydrogen-bond donors (Lipinski definition) is 0. The second-order valence-corrected chi connectivity index (χ2v) is 3.66. The van der Waals surface area contributed by atoms with Crippen molar-refractivity contribution in [3.05, 3.63) is 41.9 Å². The monoisotopic (exact) mass is 274 g/mol. The van der Waals surface area contributed by atoms with E-state index in [0.717, 1.165) is 0 Å². The summed E-state index contributed by atoms with van der Waals surface area (Å²) >= 11 is 5.83. The Kier molecular flexibility index (Phi) is 3.38. The molecule has 0 saturated carbocycles. The summed E-state index contributed by atoms with van der Waals surface area (Å²) in [5, 5.41) is 0.161. The van der Waals surface area contributed by atoms with Crippen LogP contribution in [0.1, 0.15) is 0 Å². The summed E-state index contributed by atoms with van der Waals surface area (Å²) in [5.41, 5.74) is 0.883. The molecule has 0 atom stereocenters. The zero-order valence-corrected chi connectivity index (χ0v) is 9.53. The molecule has 18 heavy (non-hydrogen) atoms. The van der Waals surface area contributed by atoms with Crippen LogP contribution in [0.2, 0.25) is 5.15 Å². The molecule has 94 valence electrons. The van der Waals surface area contributed by atoms with Crippen LogP contribution in [0.25, 0.3) is 11.1 Å². The molecular formula is C11H6ClF3N2O. The zero-order chi connectivity index (χ0) is 13.2. The van der Waals surface area contributed by atoms with Crippen LogP contribution in [0.15, 0.2) is 36.8 Å². The average molecular weight is 275 g/mol. The number of alkyl halides is 3.